The van der Waals surface area contributed by atoms with Gasteiger partial charge in [-0.2, -0.15) is 0 Å². The molecular weight excluding hydrogens is 261 g/mol. The summed E-state index contributed by atoms with van der Waals surface area (Å²) in [7, 11) is -3.78. The van der Waals surface area contributed by atoms with Crippen LogP contribution in [-0.4, -0.2) is 25.5 Å². The van der Waals surface area contributed by atoms with Gasteiger partial charge in [0, 0.05) is 6.04 Å². The quantitative estimate of drug-likeness (QED) is 0.863. The second-order valence-electron chi connectivity index (χ2n) is 4.39. The highest BCUT2D eigenvalue weighted by molar-refractivity contribution is 7.89. The smallest absolute Gasteiger partial charge is 0.338 e. The molecule has 1 aromatic rings. The molecule has 2 unspecified atom stereocenters. The number of rotatable bonds is 4. The number of carbonyl (C=O) groups is 1. The van der Waals surface area contributed by atoms with Crippen molar-refractivity contribution in [3.8, 4) is 0 Å². The van der Waals surface area contributed by atoms with Gasteiger partial charge in [-0.1, -0.05) is 6.92 Å². The van der Waals surface area contributed by atoms with Gasteiger partial charge in [0.1, 0.15) is 5.82 Å². The van der Waals surface area contributed by atoms with Crippen LogP contribution in [0.3, 0.4) is 0 Å². The molecule has 2 rings (SSSR count). The molecule has 0 spiro atoms. The van der Waals surface area contributed by atoms with Crippen LogP contribution in [0, 0.1) is 11.7 Å². The van der Waals surface area contributed by atoms with E-state index in [1.807, 2.05) is 6.92 Å². The summed E-state index contributed by atoms with van der Waals surface area (Å²) in [5, 5.41) is 8.74. The highest BCUT2D eigenvalue weighted by Gasteiger charge is 2.36. The molecule has 1 fully saturated rings. The maximum Gasteiger partial charge on any atom is 0.338 e. The van der Waals surface area contributed by atoms with Crippen molar-refractivity contribution in [2.75, 3.05) is 0 Å². The number of hydrogen-bond donors (Lipinski definition) is 2. The second-order valence-corrected chi connectivity index (χ2v) is 6.10. The Morgan fingerprint density at radius 1 is 1.50 bits per heavy atom. The maximum absolute atomic E-state index is 13.1. The van der Waals surface area contributed by atoms with Crippen molar-refractivity contribution in [1.29, 1.82) is 0 Å². The van der Waals surface area contributed by atoms with Crippen LogP contribution in [0.1, 0.15) is 23.7 Å². The highest BCUT2D eigenvalue weighted by atomic mass is 32.2. The summed E-state index contributed by atoms with van der Waals surface area (Å²) in [6, 6.07) is 2.60. The van der Waals surface area contributed by atoms with Gasteiger partial charge >= 0.3 is 5.97 Å². The molecule has 5 nitrogen and oxygen atoms in total. The minimum atomic E-state index is -3.78. The molecule has 18 heavy (non-hydrogen) atoms. The Kier molecular flexibility index (Phi) is 3.12. The van der Waals surface area contributed by atoms with E-state index in [4.69, 9.17) is 5.11 Å². The van der Waals surface area contributed by atoms with Crippen LogP contribution in [0.5, 0.6) is 0 Å². The first kappa shape index (κ1) is 13.0. The number of sulfonamides is 1. The molecule has 1 aliphatic carbocycles. The van der Waals surface area contributed by atoms with E-state index in [2.05, 4.69) is 4.72 Å². The van der Waals surface area contributed by atoms with Crippen LogP contribution >= 0.6 is 0 Å². The second kappa shape index (κ2) is 4.33. The molecule has 0 amide bonds. The molecule has 2 N–H and O–H groups in total. The Balaban J connectivity index is 2.33. The number of halogens is 1. The van der Waals surface area contributed by atoms with Gasteiger partial charge in [-0.25, -0.2) is 22.3 Å². The standard InChI is InChI=1S/C11H12FNO4S/c1-6-4-10(6)13-18(16,17)7-2-3-9(12)8(5-7)11(14)15/h2-3,5-6,10,13H,4H2,1H3,(H,14,15). The van der Waals surface area contributed by atoms with E-state index >= 15 is 0 Å². The zero-order chi connectivity index (χ0) is 13.5. The number of benzene rings is 1. The molecule has 1 aromatic carbocycles. The zero-order valence-corrected chi connectivity index (χ0v) is 10.4. The van der Waals surface area contributed by atoms with Gasteiger partial charge < -0.3 is 5.11 Å². The lowest BCUT2D eigenvalue weighted by Crippen LogP contribution is -2.27. The SMILES string of the molecule is CC1CC1NS(=O)(=O)c1ccc(F)c(C(=O)O)c1. The molecule has 0 aliphatic heterocycles. The summed E-state index contributed by atoms with van der Waals surface area (Å²) >= 11 is 0. The first-order chi connectivity index (χ1) is 8.31. The summed E-state index contributed by atoms with van der Waals surface area (Å²) in [5.74, 6) is -2.18. The molecular formula is C11H12FNO4S. The van der Waals surface area contributed by atoms with E-state index in [9.17, 15) is 17.6 Å². The summed E-state index contributed by atoms with van der Waals surface area (Å²) < 4.78 is 39.4. The van der Waals surface area contributed by atoms with Crippen molar-refractivity contribution in [3.63, 3.8) is 0 Å². The molecule has 98 valence electrons. The Morgan fingerprint density at radius 3 is 2.61 bits per heavy atom. The molecule has 7 heteroatoms. The van der Waals surface area contributed by atoms with E-state index in [1.165, 1.54) is 0 Å². The van der Waals surface area contributed by atoms with Crippen molar-refractivity contribution in [3.05, 3.63) is 29.6 Å². The summed E-state index contributed by atoms with van der Waals surface area (Å²) in [6.07, 6.45) is 0.756. The molecule has 1 aliphatic rings. The highest BCUT2D eigenvalue weighted by Crippen LogP contribution is 2.30. The van der Waals surface area contributed by atoms with Crippen LogP contribution in [0.4, 0.5) is 4.39 Å². The van der Waals surface area contributed by atoms with Gasteiger partial charge in [0.05, 0.1) is 10.5 Å². The van der Waals surface area contributed by atoms with Crippen molar-refractivity contribution >= 4 is 16.0 Å². The van der Waals surface area contributed by atoms with E-state index in [-0.39, 0.29) is 16.9 Å². The third-order valence-electron chi connectivity index (χ3n) is 2.89. The number of carboxylic acids is 1. The lowest BCUT2D eigenvalue weighted by molar-refractivity contribution is 0.0691. The number of carboxylic acid groups (broad SMARTS) is 1. The van der Waals surface area contributed by atoms with Gasteiger partial charge in [0.2, 0.25) is 10.0 Å². The van der Waals surface area contributed by atoms with E-state index < -0.39 is 27.4 Å². The molecule has 2 atom stereocenters. The Labute approximate surface area is 104 Å². The normalized spacial score (nSPS) is 22.8. The van der Waals surface area contributed by atoms with Gasteiger partial charge in [-0.15, -0.1) is 0 Å². The average molecular weight is 273 g/mol. The van der Waals surface area contributed by atoms with Crippen molar-refractivity contribution < 1.29 is 22.7 Å². The Bertz CT molecular complexity index is 599. The molecule has 0 heterocycles. The summed E-state index contributed by atoms with van der Waals surface area (Å²) in [5.41, 5.74) is -0.651. The van der Waals surface area contributed by atoms with Gasteiger partial charge in [-0.05, 0) is 30.5 Å². The van der Waals surface area contributed by atoms with Crippen LogP contribution < -0.4 is 4.72 Å². The Hall–Kier alpha value is -1.47. The lowest BCUT2D eigenvalue weighted by Gasteiger charge is -2.07. The molecule has 0 aromatic heterocycles. The third kappa shape index (κ3) is 2.51. The van der Waals surface area contributed by atoms with E-state index in [0.717, 1.165) is 24.6 Å². The summed E-state index contributed by atoms with van der Waals surface area (Å²) in [6.45, 7) is 1.90. The number of hydrogen-bond acceptors (Lipinski definition) is 3. The fraction of sp³-hybridized carbons (Fsp3) is 0.364. The van der Waals surface area contributed by atoms with Crippen molar-refractivity contribution in [2.24, 2.45) is 5.92 Å². The monoisotopic (exact) mass is 273 g/mol. The predicted molar refractivity (Wildman–Crippen MR) is 61.2 cm³/mol. The first-order valence-corrected chi connectivity index (χ1v) is 6.85. The average Bonchev–Trinajstić information content (AvgIpc) is 2.92. The number of nitrogens with one attached hydrogen (secondary N) is 1. The minimum Gasteiger partial charge on any atom is -0.478 e. The van der Waals surface area contributed by atoms with Crippen LogP contribution in [0.15, 0.2) is 23.1 Å². The Morgan fingerprint density at radius 2 is 2.11 bits per heavy atom. The van der Waals surface area contributed by atoms with Gasteiger partial charge in [0.15, 0.2) is 0 Å². The number of aromatic carboxylic acids is 1. The first-order valence-electron chi connectivity index (χ1n) is 5.36. The molecule has 0 saturated heterocycles. The molecule has 1 saturated carbocycles. The fourth-order valence-electron chi connectivity index (χ4n) is 1.59. The largest absolute Gasteiger partial charge is 0.478 e. The molecule has 0 bridgehead atoms. The summed E-state index contributed by atoms with van der Waals surface area (Å²) in [4.78, 5) is 10.5. The zero-order valence-electron chi connectivity index (χ0n) is 9.55. The predicted octanol–water partition coefficient (Wildman–Crippen LogP) is 1.21. The van der Waals surface area contributed by atoms with E-state index in [0.29, 0.717) is 0 Å². The minimum absolute atomic E-state index is 0.117. The van der Waals surface area contributed by atoms with Crippen LogP contribution in [0.2, 0.25) is 0 Å². The maximum atomic E-state index is 13.1. The van der Waals surface area contributed by atoms with E-state index in [1.54, 1.807) is 0 Å². The topological polar surface area (TPSA) is 83.5 Å². The molecule has 0 radical (unpaired) electrons. The van der Waals surface area contributed by atoms with Crippen molar-refractivity contribution in [1.82, 2.24) is 4.72 Å². The fourth-order valence-corrected chi connectivity index (χ4v) is 2.97. The van der Waals surface area contributed by atoms with Crippen LogP contribution in [-0.2, 0) is 10.0 Å². The lowest BCUT2D eigenvalue weighted by atomic mass is 10.2. The van der Waals surface area contributed by atoms with Gasteiger partial charge in [0.25, 0.3) is 0 Å². The third-order valence-corrected chi connectivity index (χ3v) is 4.38. The van der Waals surface area contributed by atoms with Gasteiger partial charge in [-0.3, -0.25) is 0 Å². The van der Waals surface area contributed by atoms with Crippen molar-refractivity contribution in [2.45, 2.75) is 24.3 Å². The van der Waals surface area contributed by atoms with Crippen LogP contribution in [0.25, 0.3) is 0 Å².